The summed E-state index contributed by atoms with van der Waals surface area (Å²) in [7, 11) is 1.58. The Morgan fingerprint density at radius 3 is 2.65 bits per heavy atom. The summed E-state index contributed by atoms with van der Waals surface area (Å²) >= 11 is 1.45. The number of amides is 1. The fourth-order valence-corrected chi connectivity index (χ4v) is 3.94. The summed E-state index contributed by atoms with van der Waals surface area (Å²) in [6.45, 7) is 3.97. The van der Waals surface area contributed by atoms with E-state index in [9.17, 15) is 9.59 Å². The number of anilines is 1. The Labute approximate surface area is 182 Å². The van der Waals surface area contributed by atoms with E-state index in [-0.39, 0.29) is 18.1 Å². The smallest absolute Gasteiger partial charge is 0.258 e. The summed E-state index contributed by atoms with van der Waals surface area (Å²) in [5.74, 6) is 0.916. The number of hydrogen-bond acceptors (Lipinski definition) is 6. The van der Waals surface area contributed by atoms with Gasteiger partial charge in [0.2, 0.25) is 0 Å². The lowest BCUT2D eigenvalue weighted by Crippen LogP contribution is -2.15. The first-order valence-electron chi connectivity index (χ1n) is 9.60. The SMILES string of the molecule is COc1ccc(C(=O)Nc2cc(C)ccc2OCc2cc(=O)n3cc(C)sc3n2)cc1. The van der Waals surface area contributed by atoms with Crippen LogP contribution in [0.15, 0.2) is 59.5 Å². The van der Waals surface area contributed by atoms with E-state index in [4.69, 9.17) is 9.47 Å². The summed E-state index contributed by atoms with van der Waals surface area (Å²) in [5.41, 5.74) is 2.40. The first-order valence-corrected chi connectivity index (χ1v) is 10.4. The lowest BCUT2D eigenvalue weighted by molar-refractivity contribution is 0.102. The van der Waals surface area contributed by atoms with Crippen molar-refractivity contribution in [2.24, 2.45) is 0 Å². The number of methoxy groups -OCH3 is 1. The third-order valence-electron chi connectivity index (χ3n) is 4.65. The van der Waals surface area contributed by atoms with Crippen molar-refractivity contribution >= 4 is 27.9 Å². The number of ether oxygens (including phenoxy) is 2. The lowest BCUT2D eigenvalue weighted by Gasteiger charge is -2.13. The topological polar surface area (TPSA) is 81.9 Å². The highest BCUT2D eigenvalue weighted by atomic mass is 32.1. The van der Waals surface area contributed by atoms with E-state index in [1.54, 1.807) is 43.6 Å². The summed E-state index contributed by atoms with van der Waals surface area (Å²) in [6.07, 6.45) is 1.77. The predicted molar refractivity (Wildman–Crippen MR) is 121 cm³/mol. The van der Waals surface area contributed by atoms with E-state index in [0.717, 1.165) is 10.4 Å². The van der Waals surface area contributed by atoms with E-state index < -0.39 is 0 Å². The zero-order valence-electron chi connectivity index (χ0n) is 17.3. The molecule has 158 valence electrons. The molecule has 0 aliphatic heterocycles. The van der Waals surface area contributed by atoms with Crippen LogP contribution in [0.25, 0.3) is 4.96 Å². The second kappa shape index (κ2) is 8.61. The Hall–Kier alpha value is -3.65. The summed E-state index contributed by atoms with van der Waals surface area (Å²) in [4.78, 5) is 31.1. The van der Waals surface area contributed by atoms with Crippen LogP contribution in [0.3, 0.4) is 0 Å². The number of nitrogens with zero attached hydrogens (tertiary/aromatic N) is 2. The molecule has 2 aromatic carbocycles. The minimum absolute atomic E-state index is 0.108. The van der Waals surface area contributed by atoms with Crippen LogP contribution in [0.1, 0.15) is 26.5 Å². The van der Waals surface area contributed by atoms with E-state index in [1.807, 2.05) is 26.0 Å². The van der Waals surface area contributed by atoms with Gasteiger partial charge in [0.25, 0.3) is 11.5 Å². The maximum atomic E-state index is 12.7. The van der Waals surface area contributed by atoms with Crippen molar-refractivity contribution in [3.63, 3.8) is 0 Å². The van der Waals surface area contributed by atoms with Crippen LogP contribution in [0, 0.1) is 13.8 Å². The van der Waals surface area contributed by atoms with Crippen LogP contribution in [0.5, 0.6) is 11.5 Å². The molecule has 0 saturated heterocycles. The largest absolute Gasteiger partial charge is 0.497 e. The number of carbonyl (C=O) groups excluding carboxylic acids is 1. The lowest BCUT2D eigenvalue weighted by atomic mass is 10.1. The fourth-order valence-electron chi connectivity index (χ4n) is 3.09. The Kier molecular flexibility index (Phi) is 5.73. The molecule has 0 bridgehead atoms. The van der Waals surface area contributed by atoms with Gasteiger partial charge >= 0.3 is 0 Å². The molecule has 1 amide bonds. The average Bonchev–Trinajstić information content (AvgIpc) is 3.14. The molecule has 1 N–H and O–H groups in total. The normalized spacial score (nSPS) is 10.8. The average molecular weight is 436 g/mol. The van der Waals surface area contributed by atoms with Gasteiger partial charge < -0.3 is 14.8 Å². The van der Waals surface area contributed by atoms with Gasteiger partial charge in [-0.05, 0) is 55.8 Å². The summed E-state index contributed by atoms with van der Waals surface area (Å²) in [6, 6.07) is 13.8. The third-order valence-corrected chi connectivity index (χ3v) is 5.55. The molecule has 0 radical (unpaired) electrons. The first-order chi connectivity index (χ1) is 14.9. The van der Waals surface area contributed by atoms with Crippen molar-refractivity contribution in [3.8, 4) is 11.5 Å². The number of aryl methyl sites for hydroxylation is 2. The molecule has 2 heterocycles. The predicted octanol–water partition coefficient (Wildman–Crippen LogP) is 4.21. The van der Waals surface area contributed by atoms with E-state index in [2.05, 4.69) is 10.3 Å². The molecule has 7 nitrogen and oxygen atoms in total. The highest BCUT2D eigenvalue weighted by Crippen LogP contribution is 2.27. The maximum Gasteiger partial charge on any atom is 0.258 e. The highest BCUT2D eigenvalue weighted by Gasteiger charge is 2.12. The van der Waals surface area contributed by atoms with Gasteiger partial charge in [-0.2, -0.15) is 0 Å². The molecule has 31 heavy (non-hydrogen) atoms. The zero-order chi connectivity index (χ0) is 22.0. The van der Waals surface area contributed by atoms with Gasteiger partial charge in [-0.3, -0.25) is 14.0 Å². The number of thiazole rings is 1. The Morgan fingerprint density at radius 2 is 1.90 bits per heavy atom. The van der Waals surface area contributed by atoms with E-state index in [1.165, 1.54) is 21.8 Å². The van der Waals surface area contributed by atoms with Gasteiger partial charge in [-0.25, -0.2) is 4.98 Å². The molecule has 0 fully saturated rings. The van der Waals surface area contributed by atoms with Crippen molar-refractivity contribution in [2.75, 3.05) is 12.4 Å². The molecule has 0 aliphatic carbocycles. The number of fused-ring (bicyclic) bond motifs is 1. The molecule has 0 spiro atoms. The number of hydrogen-bond donors (Lipinski definition) is 1. The minimum Gasteiger partial charge on any atom is -0.497 e. The number of carbonyl (C=O) groups is 1. The van der Waals surface area contributed by atoms with Crippen LogP contribution in [0.2, 0.25) is 0 Å². The van der Waals surface area contributed by atoms with Crippen LogP contribution < -0.4 is 20.3 Å². The standard InChI is InChI=1S/C23H21N3O4S/c1-14-4-9-20(19(10-14)25-22(28)16-5-7-18(29-3)8-6-16)30-13-17-11-21(27)26-12-15(2)31-23(26)24-17/h4-12H,13H2,1-3H3,(H,25,28). The molecule has 2 aromatic heterocycles. The van der Waals surface area contributed by atoms with Crippen LogP contribution in [-0.4, -0.2) is 22.4 Å². The molecule has 8 heteroatoms. The minimum atomic E-state index is -0.259. The van der Waals surface area contributed by atoms with Gasteiger partial charge in [-0.1, -0.05) is 6.07 Å². The van der Waals surface area contributed by atoms with Crippen LogP contribution >= 0.6 is 11.3 Å². The Bertz CT molecular complexity index is 1310. The van der Waals surface area contributed by atoms with Crippen molar-refractivity contribution in [3.05, 3.63) is 86.8 Å². The summed E-state index contributed by atoms with van der Waals surface area (Å²) in [5, 5.41) is 2.90. The van der Waals surface area contributed by atoms with Crippen LogP contribution in [0.4, 0.5) is 5.69 Å². The van der Waals surface area contributed by atoms with Gasteiger partial charge in [0.05, 0.1) is 18.5 Å². The van der Waals surface area contributed by atoms with Crippen LogP contribution in [-0.2, 0) is 6.61 Å². The molecule has 0 aliphatic rings. The van der Waals surface area contributed by atoms with Gasteiger partial charge in [0.15, 0.2) is 4.96 Å². The van der Waals surface area contributed by atoms with Gasteiger partial charge in [-0.15, -0.1) is 11.3 Å². The van der Waals surface area contributed by atoms with Crippen molar-refractivity contribution in [1.82, 2.24) is 9.38 Å². The quantitative estimate of drug-likeness (QED) is 0.491. The zero-order valence-corrected chi connectivity index (χ0v) is 18.2. The maximum absolute atomic E-state index is 12.7. The Morgan fingerprint density at radius 1 is 1.13 bits per heavy atom. The van der Waals surface area contributed by atoms with E-state index in [0.29, 0.717) is 33.4 Å². The van der Waals surface area contributed by atoms with Crippen molar-refractivity contribution in [1.29, 1.82) is 0 Å². The number of benzene rings is 2. The molecule has 4 rings (SSSR count). The fraction of sp³-hybridized carbons (Fsp3) is 0.174. The molecule has 4 aromatic rings. The molecule has 0 saturated carbocycles. The number of rotatable bonds is 6. The van der Waals surface area contributed by atoms with Gasteiger partial charge in [0.1, 0.15) is 18.1 Å². The Balaban J connectivity index is 1.54. The highest BCUT2D eigenvalue weighted by molar-refractivity contribution is 7.16. The van der Waals surface area contributed by atoms with E-state index >= 15 is 0 Å². The van der Waals surface area contributed by atoms with Crippen molar-refractivity contribution < 1.29 is 14.3 Å². The first kappa shape index (κ1) is 20.6. The second-order valence-corrected chi connectivity index (χ2v) is 8.26. The second-order valence-electron chi connectivity index (χ2n) is 7.05. The summed E-state index contributed by atoms with van der Waals surface area (Å²) < 4.78 is 12.6. The number of aromatic nitrogens is 2. The molecular formula is C23H21N3O4S. The van der Waals surface area contributed by atoms with Gasteiger partial charge in [0, 0.05) is 22.7 Å². The monoisotopic (exact) mass is 435 g/mol. The molecule has 0 unspecified atom stereocenters. The third kappa shape index (κ3) is 4.59. The molecule has 0 atom stereocenters. The number of nitrogens with one attached hydrogen (secondary N) is 1. The van der Waals surface area contributed by atoms with Crippen molar-refractivity contribution in [2.45, 2.75) is 20.5 Å². The molecular weight excluding hydrogens is 414 g/mol.